The van der Waals surface area contributed by atoms with Gasteiger partial charge in [0, 0.05) is 0 Å². The smallest absolute Gasteiger partial charge is 0.00176 e. The Balaban J connectivity index is 1.83. The zero-order valence-corrected chi connectivity index (χ0v) is 18.7. The molecule has 0 saturated carbocycles. The van der Waals surface area contributed by atoms with Gasteiger partial charge in [0.2, 0.25) is 0 Å². The van der Waals surface area contributed by atoms with Crippen LogP contribution in [0.15, 0.2) is 121 Å². The first-order chi connectivity index (χ1) is 16.4. The van der Waals surface area contributed by atoms with Crippen molar-refractivity contribution in [2.24, 2.45) is 0 Å². The van der Waals surface area contributed by atoms with E-state index in [1.54, 1.807) is 0 Å². The van der Waals surface area contributed by atoms with Gasteiger partial charge in [-0.05, 0) is 74.9 Å². The molecular formula is C33H26. The first kappa shape index (κ1) is 19.8. The monoisotopic (exact) mass is 422 g/mol. The molecule has 0 N–H and O–H groups in total. The number of fused-ring (bicyclic) bond motifs is 1. The van der Waals surface area contributed by atoms with E-state index in [1.165, 1.54) is 62.1 Å². The van der Waals surface area contributed by atoms with Gasteiger partial charge in [-0.1, -0.05) is 121 Å². The summed E-state index contributed by atoms with van der Waals surface area (Å²) in [6, 6.07) is 43.9. The summed E-state index contributed by atoms with van der Waals surface area (Å²) in [6.45, 7) is 0. The SMILES string of the molecule is c1ccc(-c2c3c(c(-c4ccccc4)c(-c4ccccc4)c2-c2ccccc2)CCC3)cc1. The highest BCUT2D eigenvalue weighted by Gasteiger charge is 2.29. The second kappa shape index (κ2) is 8.56. The molecule has 0 spiro atoms. The first-order valence-electron chi connectivity index (χ1n) is 11.8. The van der Waals surface area contributed by atoms with E-state index in [0.717, 1.165) is 12.8 Å². The third-order valence-corrected chi connectivity index (χ3v) is 6.82. The minimum absolute atomic E-state index is 1.13. The Kier molecular flexibility index (Phi) is 5.13. The van der Waals surface area contributed by atoms with Crippen molar-refractivity contribution in [2.75, 3.05) is 0 Å². The number of hydrogen-bond acceptors (Lipinski definition) is 0. The van der Waals surface area contributed by atoms with E-state index in [4.69, 9.17) is 0 Å². The van der Waals surface area contributed by atoms with Crippen LogP contribution in [0.4, 0.5) is 0 Å². The largest absolute Gasteiger partial charge is 0.0622 e. The van der Waals surface area contributed by atoms with Crippen molar-refractivity contribution in [3.05, 3.63) is 132 Å². The Morgan fingerprint density at radius 1 is 0.303 bits per heavy atom. The van der Waals surface area contributed by atoms with Crippen LogP contribution in [-0.4, -0.2) is 0 Å². The minimum Gasteiger partial charge on any atom is -0.0622 e. The Morgan fingerprint density at radius 3 is 0.879 bits per heavy atom. The molecule has 0 fully saturated rings. The van der Waals surface area contributed by atoms with Crippen molar-refractivity contribution in [1.29, 1.82) is 0 Å². The molecule has 0 unspecified atom stereocenters. The Labute approximate surface area is 196 Å². The lowest BCUT2D eigenvalue weighted by Gasteiger charge is -2.25. The molecular weight excluding hydrogens is 396 g/mol. The Morgan fingerprint density at radius 2 is 0.576 bits per heavy atom. The molecule has 0 aliphatic heterocycles. The van der Waals surface area contributed by atoms with E-state index >= 15 is 0 Å². The third kappa shape index (κ3) is 3.49. The summed E-state index contributed by atoms with van der Waals surface area (Å²) in [5, 5.41) is 0. The fourth-order valence-electron chi connectivity index (χ4n) is 5.48. The van der Waals surface area contributed by atoms with Gasteiger partial charge in [0.1, 0.15) is 0 Å². The number of benzene rings is 5. The van der Waals surface area contributed by atoms with Crippen LogP contribution >= 0.6 is 0 Å². The molecule has 0 radical (unpaired) electrons. The standard InChI is InChI=1S/C33H26/c1-5-14-24(15-6-1)30-28-22-13-23-29(28)31(25-16-7-2-8-17-25)33(27-20-11-4-12-21-27)32(30)26-18-9-3-10-19-26/h1-12,14-21H,13,22-23H2. The second-order valence-corrected chi connectivity index (χ2v) is 8.77. The number of rotatable bonds is 4. The van der Waals surface area contributed by atoms with Gasteiger partial charge in [-0.15, -0.1) is 0 Å². The van der Waals surface area contributed by atoms with E-state index in [0.29, 0.717) is 0 Å². The third-order valence-electron chi connectivity index (χ3n) is 6.82. The van der Waals surface area contributed by atoms with Crippen LogP contribution in [0.1, 0.15) is 17.5 Å². The highest BCUT2D eigenvalue weighted by Crippen LogP contribution is 2.51. The summed E-state index contributed by atoms with van der Waals surface area (Å²) in [5.41, 5.74) is 13.8. The van der Waals surface area contributed by atoms with Crippen molar-refractivity contribution in [2.45, 2.75) is 19.3 Å². The Bertz CT molecular complexity index is 1270. The lowest BCUT2D eigenvalue weighted by molar-refractivity contribution is 0.912. The van der Waals surface area contributed by atoms with Crippen LogP contribution in [-0.2, 0) is 12.8 Å². The van der Waals surface area contributed by atoms with Gasteiger partial charge in [-0.3, -0.25) is 0 Å². The molecule has 5 aromatic rings. The molecule has 33 heavy (non-hydrogen) atoms. The van der Waals surface area contributed by atoms with Crippen molar-refractivity contribution in [3.8, 4) is 44.5 Å². The van der Waals surface area contributed by atoms with Gasteiger partial charge in [-0.25, -0.2) is 0 Å². The summed E-state index contributed by atoms with van der Waals surface area (Å²) >= 11 is 0. The van der Waals surface area contributed by atoms with Crippen LogP contribution in [0.25, 0.3) is 44.5 Å². The summed E-state index contributed by atoms with van der Waals surface area (Å²) < 4.78 is 0. The summed E-state index contributed by atoms with van der Waals surface area (Å²) in [4.78, 5) is 0. The van der Waals surface area contributed by atoms with Crippen molar-refractivity contribution >= 4 is 0 Å². The molecule has 6 rings (SSSR count). The van der Waals surface area contributed by atoms with Gasteiger partial charge < -0.3 is 0 Å². The van der Waals surface area contributed by atoms with E-state index < -0.39 is 0 Å². The molecule has 0 nitrogen and oxygen atoms in total. The zero-order valence-electron chi connectivity index (χ0n) is 18.7. The van der Waals surface area contributed by atoms with Crippen LogP contribution < -0.4 is 0 Å². The van der Waals surface area contributed by atoms with Crippen LogP contribution in [0, 0.1) is 0 Å². The molecule has 0 heterocycles. The van der Waals surface area contributed by atoms with Gasteiger partial charge in [0.25, 0.3) is 0 Å². The highest BCUT2D eigenvalue weighted by atomic mass is 14.3. The van der Waals surface area contributed by atoms with E-state index in [9.17, 15) is 0 Å². The van der Waals surface area contributed by atoms with Crippen molar-refractivity contribution in [1.82, 2.24) is 0 Å². The zero-order chi connectivity index (χ0) is 22.0. The summed E-state index contributed by atoms with van der Waals surface area (Å²) in [6.07, 6.45) is 3.48. The van der Waals surface area contributed by atoms with Crippen LogP contribution in [0.3, 0.4) is 0 Å². The topological polar surface area (TPSA) is 0 Å². The van der Waals surface area contributed by atoms with Gasteiger partial charge >= 0.3 is 0 Å². The lowest BCUT2D eigenvalue weighted by atomic mass is 9.78. The van der Waals surface area contributed by atoms with E-state index in [2.05, 4.69) is 121 Å². The van der Waals surface area contributed by atoms with Crippen molar-refractivity contribution in [3.63, 3.8) is 0 Å². The highest BCUT2D eigenvalue weighted by molar-refractivity contribution is 6.04. The van der Waals surface area contributed by atoms with E-state index in [1.807, 2.05) is 0 Å². The normalized spacial score (nSPS) is 12.5. The number of hydrogen-bond donors (Lipinski definition) is 0. The molecule has 0 aromatic heterocycles. The predicted octanol–water partition coefficient (Wildman–Crippen LogP) is 8.84. The molecule has 0 atom stereocenters. The maximum Gasteiger partial charge on any atom is -0.00176 e. The van der Waals surface area contributed by atoms with Crippen LogP contribution in [0.2, 0.25) is 0 Å². The molecule has 0 heteroatoms. The fourth-order valence-corrected chi connectivity index (χ4v) is 5.48. The average Bonchev–Trinajstić information content (AvgIpc) is 3.39. The molecule has 5 aromatic carbocycles. The van der Waals surface area contributed by atoms with Gasteiger partial charge in [-0.2, -0.15) is 0 Å². The maximum absolute atomic E-state index is 2.28. The Hall–Kier alpha value is -3.90. The second-order valence-electron chi connectivity index (χ2n) is 8.77. The summed E-state index contributed by atoms with van der Waals surface area (Å²) in [7, 11) is 0. The first-order valence-corrected chi connectivity index (χ1v) is 11.8. The lowest BCUT2D eigenvalue weighted by Crippen LogP contribution is -2.01. The van der Waals surface area contributed by atoms with Crippen LogP contribution in [0.5, 0.6) is 0 Å². The van der Waals surface area contributed by atoms with E-state index in [-0.39, 0.29) is 0 Å². The molecule has 0 amide bonds. The fraction of sp³-hybridized carbons (Fsp3) is 0.0909. The molecule has 0 saturated heterocycles. The summed E-state index contributed by atoms with van der Waals surface area (Å²) in [5.74, 6) is 0. The average molecular weight is 423 g/mol. The maximum atomic E-state index is 2.28. The minimum atomic E-state index is 1.13. The molecule has 1 aliphatic carbocycles. The van der Waals surface area contributed by atoms with Crippen molar-refractivity contribution < 1.29 is 0 Å². The van der Waals surface area contributed by atoms with Gasteiger partial charge in [0.15, 0.2) is 0 Å². The molecule has 158 valence electrons. The quantitative estimate of drug-likeness (QED) is 0.271. The predicted molar refractivity (Wildman–Crippen MR) is 140 cm³/mol. The molecule has 0 bridgehead atoms. The molecule has 1 aliphatic rings. The van der Waals surface area contributed by atoms with Gasteiger partial charge in [0.05, 0.1) is 0 Å².